The average Bonchev–Trinajstić information content (AvgIpc) is 3.25. The molecule has 0 aromatic carbocycles. The number of nitrogens with zero attached hydrogens (tertiary/aromatic N) is 2. The van der Waals surface area contributed by atoms with E-state index in [4.69, 9.17) is 5.11 Å². The third-order valence-corrected chi connectivity index (χ3v) is 3.73. The van der Waals surface area contributed by atoms with Crippen molar-refractivity contribution in [3.8, 4) is 0 Å². The molecule has 1 amide bonds. The lowest BCUT2D eigenvalue weighted by atomic mass is 10.3. The van der Waals surface area contributed by atoms with Gasteiger partial charge in [0.15, 0.2) is 0 Å². The van der Waals surface area contributed by atoms with Gasteiger partial charge in [0.05, 0.1) is 6.54 Å². The first-order valence-electron chi connectivity index (χ1n) is 6.95. The fourth-order valence-electron chi connectivity index (χ4n) is 2.07. The Labute approximate surface area is 127 Å². The number of halogens is 1. The number of carbonyl (C=O) groups excluding carboxylic acids is 1. The number of aliphatic hydroxyl groups is 1. The van der Waals surface area contributed by atoms with E-state index in [9.17, 15) is 4.79 Å². The van der Waals surface area contributed by atoms with Gasteiger partial charge < -0.3 is 10.4 Å². The quantitative estimate of drug-likeness (QED) is 0.710. The summed E-state index contributed by atoms with van der Waals surface area (Å²) in [5.74, 6) is 0.542. The van der Waals surface area contributed by atoms with Gasteiger partial charge in [-0.15, -0.1) is 0 Å². The number of unbranched alkanes of at least 4 members (excludes halogenated alkanes) is 1. The maximum atomic E-state index is 12.0. The molecule has 20 heavy (non-hydrogen) atoms. The third kappa shape index (κ3) is 5.19. The van der Waals surface area contributed by atoms with Crippen molar-refractivity contribution in [3.63, 3.8) is 0 Å². The van der Waals surface area contributed by atoms with E-state index in [0.29, 0.717) is 18.4 Å². The zero-order valence-corrected chi connectivity index (χ0v) is 13.0. The monoisotopic (exact) mass is 341 g/mol. The second-order valence-electron chi connectivity index (χ2n) is 5.04. The molecule has 1 fully saturated rings. The highest BCUT2D eigenvalue weighted by molar-refractivity contribution is 9.10. The molecule has 6 heteroatoms. The predicted molar refractivity (Wildman–Crippen MR) is 81.5 cm³/mol. The molecule has 0 unspecified atom stereocenters. The van der Waals surface area contributed by atoms with Gasteiger partial charge in [0.2, 0.25) is 5.91 Å². The van der Waals surface area contributed by atoms with Crippen molar-refractivity contribution in [2.75, 3.05) is 25.0 Å². The zero-order valence-electron chi connectivity index (χ0n) is 11.4. The zero-order chi connectivity index (χ0) is 14.4. The van der Waals surface area contributed by atoms with E-state index in [2.05, 4.69) is 31.1 Å². The second-order valence-corrected chi connectivity index (χ2v) is 5.96. The summed E-state index contributed by atoms with van der Waals surface area (Å²) in [5, 5.41) is 11.6. The molecule has 5 nitrogen and oxygen atoms in total. The minimum absolute atomic E-state index is 0.0317. The minimum Gasteiger partial charge on any atom is -0.396 e. The van der Waals surface area contributed by atoms with Crippen molar-refractivity contribution in [3.05, 3.63) is 22.8 Å². The molecule has 0 saturated heterocycles. The highest BCUT2D eigenvalue weighted by Gasteiger charge is 2.29. The second kappa shape index (κ2) is 7.71. The molecule has 0 aliphatic heterocycles. The Bertz CT molecular complexity index is 435. The molecule has 1 aromatic heterocycles. The number of nitrogens with one attached hydrogen (secondary N) is 1. The molecule has 110 valence electrons. The Balaban J connectivity index is 1.80. The normalized spacial score (nSPS) is 14.6. The average molecular weight is 342 g/mol. The van der Waals surface area contributed by atoms with Gasteiger partial charge in [0, 0.05) is 23.3 Å². The van der Waals surface area contributed by atoms with Crippen LogP contribution in [0.2, 0.25) is 0 Å². The molecule has 1 aliphatic rings. The molecular weight excluding hydrogens is 322 g/mol. The summed E-state index contributed by atoms with van der Waals surface area (Å²) in [6.45, 7) is 1.48. The lowest BCUT2D eigenvalue weighted by molar-refractivity contribution is -0.117. The van der Waals surface area contributed by atoms with Crippen molar-refractivity contribution >= 4 is 27.7 Å². The number of aliphatic hydroxyl groups excluding tert-OH is 1. The maximum absolute atomic E-state index is 12.0. The summed E-state index contributed by atoms with van der Waals surface area (Å²) < 4.78 is 0.888. The molecule has 0 bridgehead atoms. The van der Waals surface area contributed by atoms with Gasteiger partial charge in [-0.1, -0.05) is 0 Å². The van der Waals surface area contributed by atoms with Crippen LogP contribution in [0.5, 0.6) is 0 Å². The number of anilines is 1. The first-order chi connectivity index (χ1) is 9.69. The van der Waals surface area contributed by atoms with Gasteiger partial charge in [-0.3, -0.25) is 9.69 Å². The summed E-state index contributed by atoms with van der Waals surface area (Å²) in [7, 11) is 0. The van der Waals surface area contributed by atoms with Gasteiger partial charge in [-0.05, 0) is 60.3 Å². The summed E-state index contributed by atoms with van der Waals surface area (Å²) in [5.41, 5.74) is 0. The van der Waals surface area contributed by atoms with E-state index >= 15 is 0 Å². The highest BCUT2D eigenvalue weighted by Crippen LogP contribution is 2.26. The first kappa shape index (κ1) is 15.4. The number of amides is 1. The van der Waals surface area contributed by atoms with Gasteiger partial charge >= 0.3 is 0 Å². The highest BCUT2D eigenvalue weighted by atomic mass is 79.9. The van der Waals surface area contributed by atoms with Gasteiger partial charge in [0.1, 0.15) is 5.82 Å². The van der Waals surface area contributed by atoms with Crippen molar-refractivity contribution in [1.82, 2.24) is 9.88 Å². The summed E-state index contributed by atoms with van der Waals surface area (Å²) >= 11 is 3.31. The Morgan fingerprint density at radius 1 is 1.45 bits per heavy atom. The number of hydrogen-bond donors (Lipinski definition) is 2. The van der Waals surface area contributed by atoms with Crippen LogP contribution in [-0.2, 0) is 4.79 Å². The molecule has 2 rings (SSSR count). The Hall–Kier alpha value is -0.980. The standard InChI is InChI=1S/C14H20BrN3O2/c15-11-3-6-13(16-9-11)17-14(20)10-18(12-4-5-12)7-1-2-8-19/h3,6,9,12,19H,1-2,4-5,7-8,10H2,(H,16,17,20). The summed E-state index contributed by atoms with van der Waals surface area (Å²) in [6.07, 6.45) is 5.72. The van der Waals surface area contributed by atoms with Crippen molar-refractivity contribution in [2.24, 2.45) is 0 Å². The lowest BCUT2D eigenvalue weighted by Crippen LogP contribution is -2.35. The maximum Gasteiger partial charge on any atom is 0.239 e. The van der Waals surface area contributed by atoms with Gasteiger partial charge in [0.25, 0.3) is 0 Å². The smallest absolute Gasteiger partial charge is 0.239 e. The van der Waals surface area contributed by atoms with Crippen LogP contribution in [0.1, 0.15) is 25.7 Å². The summed E-state index contributed by atoms with van der Waals surface area (Å²) in [6, 6.07) is 4.16. The number of carbonyl (C=O) groups is 1. The largest absolute Gasteiger partial charge is 0.396 e. The number of pyridine rings is 1. The van der Waals surface area contributed by atoms with Crippen LogP contribution in [-0.4, -0.2) is 46.6 Å². The van der Waals surface area contributed by atoms with Crippen molar-refractivity contribution in [1.29, 1.82) is 0 Å². The van der Waals surface area contributed by atoms with Gasteiger partial charge in [-0.25, -0.2) is 4.98 Å². The van der Waals surface area contributed by atoms with E-state index < -0.39 is 0 Å². The molecular formula is C14H20BrN3O2. The van der Waals surface area contributed by atoms with Crippen molar-refractivity contribution < 1.29 is 9.90 Å². The Morgan fingerprint density at radius 3 is 2.85 bits per heavy atom. The number of hydrogen-bond acceptors (Lipinski definition) is 4. The van der Waals surface area contributed by atoms with E-state index in [1.165, 1.54) is 12.8 Å². The van der Waals surface area contributed by atoms with Crippen LogP contribution < -0.4 is 5.32 Å². The Kier molecular flexibility index (Phi) is 5.94. The summed E-state index contributed by atoms with van der Waals surface area (Å²) in [4.78, 5) is 18.3. The molecule has 1 heterocycles. The first-order valence-corrected chi connectivity index (χ1v) is 7.74. The molecule has 1 aromatic rings. The van der Waals surface area contributed by atoms with Crippen LogP contribution >= 0.6 is 15.9 Å². The van der Waals surface area contributed by atoms with E-state index in [-0.39, 0.29) is 12.5 Å². The van der Waals surface area contributed by atoms with Crippen LogP contribution in [0.15, 0.2) is 22.8 Å². The van der Waals surface area contributed by atoms with Crippen LogP contribution in [0.3, 0.4) is 0 Å². The number of rotatable bonds is 8. The molecule has 0 radical (unpaired) electrons. The van der Waals surface area contributed by atoms with Crippen LogP contribution in [0, 0.1) is 0 Å². The number of aromatic nitrogens is 1. The molecule has 1 saturated carbocycles. The topological polar surface area (TPSA) is 65.5 Å². The van der Waals surface area contributed by atoms with E-state index in [1.54, 1.807) is 12.3 Å². The minimum atomic E-state index is -0.0317. The molecule has 1 aliphatic carbocycles. The van der Waals surface area contributed by atoms with E-state index in [0.717, 1.165) is 23.9 Å². The van der Waals surface area contributed by atoms with Crippen LogP contribution in [0.25, 0.3) is 0 Å². The SMILES string of the molecule is O=C(CN(CCCCO)C1CC1)Nc1ccc(Br)cn1. The van der Waals surface area contributed by atoms with Crippen LogP contribution in [0.4, 0.5) is 5.82 Å². The lowest BCUT2D eigenvalue weighted by Gasteiger charge is -2.21. The third-order valence-electron chi connectivity index (χ3n) is 3.26. The fraction of sp³-hybridized carbons (Fsp3) is 0.571. The van der Waals surface area contributed by atoms with Gasteiger partial charge in [-0.2, -0.15) is 0 Å². The molecule has 2 N–H and O–H groups in total. The predicted octanol–water partition coefficient (Wildman–Crippen LogP) is 2.02. The van der Waals surface area contributed by atoms with E-state index in [1.807, 2.05) is 6.07 Å². The van der Waals surface area contributed by atoms with Crippen molar-refractivity contribution in [2.45, 2.75) is 31.7 Å². The Morgan fingerprint density at radius 2 is 2.25 bits per heavy atom. The molecule has 0 atom stereocenters. The molecule has 0 spiro atoms. The fourth-order valence-corrected chi connectivity index (χ4v) is 2.31.